The Hall–Kier alpha value is -3.13. The fourth-order valence-corrected chi connectivity index (χ4v) is 3.15. The first-order valence-electron chi connectivity index (χ1n) is 8.62. The zero-order valence-corrected chi connectivity index (χ0v) is 16.6. The van der Waals surface area contributed by atoms with E-state index in [4.69, 9.17) is 4.42 Å². The summed E-state index contributed by atoms with van der Waals surface area (Å²) in [6.45, 7) is 5.40. The molecule has 1 aromatic heterocycles. The standard InChI is InChI=1S/C20H20N4O3S/c1-12-7-8-17(13(2)9-12)22-18(26)11-28-20-24-23-19(27-20)15-5-4-6-16(10-15)21-14(3)25/h4-10H,11H2,1-3H3,(H,21,25)(H,22,26). The number of nitrogens with one attached hydrogen (secondary N) is 2. The molecule has 3 rings (SSSR count). The Morgan fingerprint density at radius 1 is 1.07 bits per heavy atom. The molecule has 0 aliphatic heterocycles. The molecule has 28 heavy (non-hydrogen) atoms. The van der Waals surface area contributed by atoms with E-state index in [2.05, 4.69) is 20.8 Å². The highest BCUT2D eigenvalue weighted by atomic mass is 32.2. The van der Waals surface area contributed by atoms with Gasteiger partial charge in [0, 0.05) is 23.9 Å². The molecule has 0 fully saturated rings. The molecule has 2 amide bonds. The third-order valence-electron chi connectivity index (χ3n) is 3.82. The van der Waals surface area contributed by atoms with Gasteiger partial charge >= 0.3 is 0 Å². The van der Waals surface area contributed by atoms with E-state index >= 15 is 0 Å². The quantitative estimate of drug-likeness (QED) is 0.610. The largest absolute Gasteiger partial charge is 0.411 e. The molecule has 0 aliphatic carbocycles. The third-order valence-corrected chi connectivity index (χ3v) is 4.64. The van der Waals surface area contributed by atoms with Crippen LogP contribution in [0.1, 0.15) is 18.1 Å². The minimum atomic E-state index is -0.159. The first-order valence-corrected chi connectivity index (χ1v) is 9.61. The Morgan fingerprint density at radius 3 is 2.64 bits per heavy atom. The van der Waals surface area contributed by atoms with E-state index in [0.717, 1.165) is 16.8 Å². The van der Waals surface area contributed by atoms with Gasteiger partial charge in [-0.1, -0.05) is 35.5 Å². The number of hydrogen-bond donors (Lipinski definition) is 2. The van der Waals surface area contributed by atoms with Crippen LogP contribution in [0.25, 0.3) is 11.5 Å². The lowest BCUT2D eigenvalue weighted by molar-refractivity contribution is -0.114. The van der Waals surface area contributed by atoms with Gasteiger partial charge in [0.25, 0.3) is 5.22 Å². The summed E-state index contributed by atoms with van der Waals surface area (Å²) in [6, 6.07) is 13.0. The lowest BCUT2D eigenvalue weighted by atomic mass is 10.1. The summed E-state index contributed by atoms with van der Waals surface area (Å²) < 4.78 is 5.62. The molecule has 0 saturated heterocycles. The average molecular weight is 396 g/mol. The molecular formula is C20H20N4O3S. The molecule has 1 heterocycles. The number of aromatic nitrogens is 2. The Kier molecular flexibility index (Phi) is 6.10. The molecule has 0 atom stereocenters. The second-order valence-electron chi connectivity index (χ2n) is 6.29. The van der Waals surface area contributed by atoms with Crippen molar-refractivity contribution in [3.8, 4) is 11.5 Å². The Morgan fingerprint density at radius 2 is 1.89 bits per heavy atom. The molecular weight excluding hydrogens is 376 g/mol. The third kappa shape index (κ3) is 5.20. The van der Waals surface area contributed by atoms with Crippen molar-refractivity contribution in [2.45, 2.75) is 26.0 Å². The highest BCUT2D eigenvalue weighted by Crippen LogP contribution is 2.25. The van der Waals surface area contributed by atoms with E-state index in [1.54, 1.807) is 24.3 Å². The molecule has 7 nitrogen and oxygen atoms in total. The maximum atomic E-state index is 12.2. The van der Waals surface area contributed by atoms with Crippen molar-refractivity contribution < 1.29 is 14.0 Å². The predicted molar refractivity (Wildman–Crippen MR) is 109 cm³/mol. The molecule has 0 aliphatic rings. The Labute approximate surface area is 166 Å². The van der Waals surface area contributed by atoms with Crippen molar-refractivity contribution in [3.63, 3.8) is 0 Å². The van der Waals surface area contributed by atoms with Gasteiger partial charge in [0.2, 0.25) is 17.7 Å². The van der Waals surface area contributed by atoms with Gasteiger partial charge in [0.15, 0.2) is 0 Å². The number of amides is 2. The van der Waals surface area contributed by atoms with Crippen molar-refractivity contribution in [3.05, 3.63) is 53.6 Å². The van der Waals surface area contributed by atoms with Gasteiger partial charge in [-0.15, -0.1) is 10.2 Å². The number of aryl methyl sites for hydroxylation is 2. The van der Waals surface area contributed by atoms with Crippen molar-refractivity contribution in [1.82, 2.24) is 10.2 Å². The smallest absolute Gasteiger partial charge is 0.277 e. The second-order valence-corrected chi connectivity index (χ2v) is 7.22. The summed E-state index contributed by atoms with van der Waals surface area (Å²) in [5.74, 6) is 0.170. The molecule has 3 aromatic rings. The minimum absolute atomic E-state index is 0.149. The van der Waals surface area contributed by atoms with Gasteiger partial charge < -0.3 is 15.1 Å². The normalized spacial score (nSPS) is 10.5. The van der Waals surface area contributed by atoms with Crippen LogP contribution < -0.4 is 10.6 Å². The topological polar surface area (TPSA) is 97.1 Å². The van der Waals surface area contributed by atoms with Crippen LogP contribution in [-0.4, -0.2) is 27.8 Å². The van der Waals surface area contributed by atoms with Crippen LogP contribution in [0.3, 0.4) is 0 Å². The summed E-state index contributed by atoms with van der Waals surface area (Å²) in [7, 11) is 0. The van der Waals surface area contributed by atoms with E-state index in [-0.39, 0.29) is 17.6 Å². The molecule has 0 spiro atoms. The zero-order valence-electron chi connectivity index (χ0n) is 15.8. The minimum Gasteiger partial charge on any atom is -0.411 e. The molecule has 2 aromatic carbocycles. The van der Waals surface area contributed by atoms with Crippen LogP contribution in [0.15, 0.2) is 52.1 Å². The fraction of sp³-hybridized carbons (Fsp3) is 0.200. The number of carbonyl (C=O) groups excluding carboxylic acids is 2. The van der Waals surface area contributed by atoms with Gasteiger partial charge in [0.1, 0.15) is 0 Å². The SMILES string of the molecule is CC(=O)Nc1cccc(-c2nnc(SCC(=O)Nc3ccc(C)cc3C)o2)c1. The van der Waals surface area contributed by atoms with E-state index in [9.17, 15) is 9.59 Å². The molecule has 2 N–H and O–H groups in total. The molecule has 0 unspecified atom stereocenters. The molecule has 144 valence electrons. The lowest BCUT2D eigenvalue weighted by Gasteiger charge is -2.08. The Bertz CT molecular complexity index is 1020. The van der Waals surface area contributed by atoms with Crippen LogP contribution in [0.5, 0.6) is 0 Å². The first-order chi connectivity index (χ1) is 13.4. The van der Waals surface area contributed by atoms with E-state index in [0.29, 0.717) is 22.4 Å². The van der Waals surface area contributed by atoms with Crippen LogP contribution in [0.4, 0.5) is 11.4 Å². The number of anilines is 2. The number of nitrogens with zero attached hydrogens (tertiary/aromatic N) is 2. The zero-order chi connectivity index (χ0) is 20.1. The molecule has 0 saturated carbocycles. The van der Waals surface area contributed by atoms with E-state index < -0.39 is 0 Å². The predicted octanol–water partition coefficient (Wildman–Crippen LogP) is 4.04. The van der Waals surface area contributed by atoms with Gasteiger partial charge in [-0.05, 0) is 43.7 Å². The average Bonchev–Trinajstić information content (AvgIpc) is 3.11. The maximum Gasteiger partial charge on any atom is 0.277 e. The van der Waals surface area contributed by atoms with Crippen molar-refractivity contribution >= 4 is 35.0 Å². The van der Waals surface area contributed by atoms with Crippen LogP contribution in [-0.2, 0) is 9.59 Å². The summed E-state index contributed by atoms with van der Waals surface area (Å²) >= 11 is 1.17. The van der Waals surface area contributed by atoms with Gasteiger partial charge in [-0.25, -0.2) is 0 Å². The van der Waals surface area contributed by atoms with Crippen LogP contribution >= 0.6 is 11.8 Å². The lowest BCUT2D eigenvalue weighted by Crippen LogP contribution is -2.14. The van der Waals surface area contributed by atoms with Gasteiger partial charge in [-0.2, -0.15) is 0 Å². The highest BCUT2D eigenvalue weighted by Gasteiger charge is 2.12. The monoisotopic (exact) mass is 396 g/mol. The number of carbonyl (C=O) groups is 2. The number of thioether (sulfide) groups is 1. The number of benzene rings is 2. The molecule has 8 heteroatoms. The second kappa shape index (κ2) is 8.71. The van der Waals surface area contributed by atoms with E-state index in [1.807, 2.05) is 32.0 Å². The summed E-state index contributed by atoms with van der Waals surface area (Å²) in [5, 5.41) is 13.9. The van der Waals surface area contributed by atoms with Crippen LogP contribution in [0.2, 0.25) is 0 Å². The van der Waals surface area contributed by atoms with Crippen molar-refractivity contribution in [2.24, 2.45) is 0 Å². The van der Waals surface area contributed by atoms with Gasteiger partial charge in [-0.3, -0.25) is 9.59 Å². The fourth-order valence-electron chi connectivity index (χ4n) is 2.59. The van der Waals surface area contributed by atoms with Crippen molar-refractivity contribution in [2.75, 3.05) is 16.4 Å². The number of hydrogen-bond acceptors (Lipinski definition) is 6. The number of rotatable bonds is 6. The highest BCUT2D eigenvalue weighted by molar-refractivity contribution is 7.99. The molecule has 0 radical (unpaired) electrons. The summed E-state index contributed by atoms with van der Waals surface area (Å²) in [5.41, 5.74) is 4.27. The van der Waals surface area contributed by atoms with Gasteiger partial charge in [0.05, 0.1) is 5.75 Å². The molecule has 0 bridgehead atoms. The van der Waals surface area contributed by atoms with Crippen LogP contribution in [0, 0.1) is 13.8 Å². The summed E-state index contributed by atoms with van der Waals surface area (Å²) in [4.78, 5) is 23.4. The Balaban J connectivity index is 1.60. The van der Waals surface area contributed by atoms with E-state index in [1.165, 1.54) is 18.7 Å². The maximum absolute atomic E-state index is 12.2. The van der Waals surface area contributed by atoms with Crippen molar-refractivity contribution in [1.29, 1.82) is 0 Å². The summed E-state index contributed by atoms with van der Waals surface area (Å²) in [6.07, 6.45) is 0. The first kappa shape index (κ1) is 19.6.